The SMILES string of the molecule is CCOC(=O)c1c(-c2ccc(OC)cc2)csc1NC(=O)Cn1cnc2c1c(=O)n(C)c(=O)n2C. The van der Waals surface area contributed by atoms with Crippen LogP contribution in [0.4, 0.5) is 5.00 Å². The molecule has 1 amide bonds. The van der Waals surface area contributed by atoms with Gasteiger partial charge in [-0.2, -0.15) is 0 Å². The molecule has 0 radical (unpaired) electrons. The van der Waals surface area contributed by atoms with Gasteiger partial charge in [0.1, 0.15) is 22.9 Å². The van der Waals surface area contributed by atoms with Crippen LogP contribution in [0.2, 0.25) is 0 Å². The Balaban J connectivity index is 1.67. The van der Waals surface area contributed by atoms with Gasteiger partial charge in [-0.1, -0.05) is 12.1 Å². The molecule has 0 unspecified atom stereocenters. The molecule has 1 N–H and O–H groups in total. The molecule has 1 aromatic carbocycles. The molecule has 0 atom stereocenters. The van der Waals surface area contributed by atoms with Gasteiger partial charge in [-0.3, -0.25) is 18.7 Å². The lowest BCUT2D eigenvalue weighted by Crippen LogP contribution is -2.37. The monoisotopic (exact) mass is 497 g/mol. The zero-order valence-corrected chi connectivity index (χ0v) is 20.3. The van der Waals surface area contributed by atoms with Crippen LogP contribution in [-0.2, 0) is 30.2 Å². The summed E-state index contributed by atoms with van der Waals surface area (Å²) in [6.45, 7) is 1.63. The number of fused-ring (bicyclic) bond motifs is 1. The van der Waals surface area contributed by atoms with Crippen molar-refractivity contribution in [1.29, 1.82) is 0 Å². The standard InChI is InChI=1S/C23H23N5O6S/c1-5-34-22(31)17-15(13-6-8-14(33-4)9-7-13)11-35-20(17)25-16(29)10-28-12-24-19-18(28)21(30)27(3)23(32)26(19)2/h6-9,11-12H,5,10H2,1-4H3,(H,25,29). The summed E-state index contributed by atoms with van der Waals surface area (Å²) in [4.78, 5) is 54.6. The molecule has 0 aliphatic rings. The molecule has 35 heavy (non-hydrogen) atoms. The van der Waals surface area contributed by atoms with Gasteiger partial charge in [0, 0.05) is 25.0 Å². The van der Waals surface area contributed by atoms with Gasteiger partial charge >= 0.3 is 11.7 Å². The quantitative estimate of drug-likeness (QED) is 0.387. The average Bonchev–Trinajstić information content (AvgIpc) is 3.46. The minimum atomic E-state index is -0.563. The number of ether oxygens (including phenoxy) is 2. The second-order valence-corrected chi connectivity index (χ2v) is 8.48. The fourth-order valence-electron chi connectivity index (χ4n) is 3.68. The van der Waals surface area contributed by atoms with Crippen LogP contribution in [0.15, 0.2) is 45.6 Å². The number of imidazole rings is 1. The van der Waals surface area contributed by atoms with E-state index in [1.807, 2.05) is 12.1 Å². The smallest absolute Gasteiger partial charge is 0.341 e. The third-order valence-corrected chi connectivity index (χ3v) is 6.35. The Morgan fingerprint density at radius 3 is 2.49 bits per heavy atom. The molecule has 3 aromatic heterocycles. The normalized spacial score (nSPS) is 11.0. The summed E-state index contributed by atoms with van der Waals surface area (Å²) in [7, 11) is 4.43. The van der Waals surface area contributed by atoms with E-state index in [4.69, 9.17) is 9.47 Å². The van der Waals surface area contributed by atoms with E-state index in [1.165, 1.54) is 40.9 Å². The van der Waals surface area contributed by atoms with E-state index in [-0.39, 0.29) is 29.9 Å². The first-order chi connectivity index (χ1) is 16.8. The Labute approximate surface area is 203 Å². The predicted octanol–water partition coefficient (Wildman–Crippen LogP) is 1.99. The number of esters is 1. The van der Waals surface area contributed by atoms with E-state index in [9.17, 15) is 19.2 Å². The fourth-order valence-corrected chi connectivity index (χ4v) is 4.65. The largest absolute Gasteiger partial charge is 0.497 e. The lowest BCUT2D eigenvalue weighted by Gasteiger charge is -2.10. The number of anilines is 1. The Hall–Kier alpha value is -4.19. The number of nitrogens with one attached hydrogen (secondary N) is 1. The highest BCUT2D eigenvalue weighted by atomic mass is 32.1. The summed E-state index contributed by atoms with van der Waals surface area (Å²) in [5.74, 6) is -0.368. The molecule has 0 spiro atoms. The van der Waals surface area contributed by atoms with E-state index in [0.717, 1.165) is 10.1 Å². The van der Waals surface area contributed by atoms with Crippen molar-refractivity contribution in [3.8, 4) is 16.9 Å². The van der Waals surface area contributed by atoms with Crippen LogP contribution in [0.25, 0.3) is 22.3 Å². The van der Waals surface area contributed by atoms with Crippen molar-refractivity contribution in [1.82, 2.24) is 18.7 Å². The van der Waals surface area contributed by atoms with Crippen molar-refractivity contribution in [2.75, 3.05) is 19.0 Å². The van der Waals surface area contributed by atoms with Crippen molar-refractivity contribution >= 4 is 39.4 Å². The molecule has 4 rings (SSSR count). The highest BCUT2D eigenvalue weighted by Crippen LogP contribution is 2.37. The Morgan fingerprint density at radius 2 is 1.83 bits per heavy atom. The summed E-state index contributed by atoms with van der Waals surface area (Å²) in [5, 5.41) is 4.84. The number of carbonyl (C=O) groups is 2. The van der Waals surface area contributed by atoms with Gasteiger partial charge in [-0.05, 0) is 24.6 Å². The highest BCUT2D eigenvalue weighted by Gasteiger charge is 2.23. The third kappa shape index (κ3) is 4.35. The number of nitrogens with zero attached hydrogens (tertiary/aromatic N) is 4. The van der Waals surface area contributed by atoms with E-state index in [1.54, 1.807) is 31.5 Å². The number of benzene rings is 1. The minimum Gasteiger partial charge on any atom is -0.497 e. The second kappa shape index (κ2) is 9.58. The summed E-state index contributed by atoms with van der Waals surface area (Å²) in [6.07, 6.45) is 1.33. The van der Waals surface area contributed by atoms with Gasteiger partial charge in [-0.25, -0.2) is 14.6 Å². The maximum Gasteiger partial charge on any atom is 0.341 e. The Kier molecular flexibility index (Phi) is 6.56. The summed E-state index contributed by atoms with van der Waals surface area (Å²) in [5.41, 5.74) is 0.846. The van der Waals surface area contributed by atoms with Crippen LogP contribution in [0, 0.1) is 0 Å². The highest BCUT2D eigenvalue weighted by molar-refractivity contribution is 7.15. The van der Waals surface area contributed by atoms with Crippen molar-refractivity contribution in [3.05, 3.63) is 62.4 Å². The number of methoxy groups -OCH3 is 1. The first kappa shape index (κ1) is 24.0. The maximum absolute atomic E-state index is 12.9. The van der Waals surface area contributed by atoms with Crippen molar-refractivity contribution < 1.29 is 19.1 Å². The molecule has 0 aliphatic heterocycles. The van der Waals surface area contributed by atoms with Crippen molar-refractivity contribution in [2.45, 2.75) is 13.5 Å². The molecule has 0 saturated heterocycles. The summed E-state index contributed by atoms with van der Waals surface area (Å²) in [6, 6.07) is 7.18. The Bertz CT molecular complexity index is 1540. The van der Waals surface area contributed by atoms with Gasteiger partial charge in [0.25, 0.3) is 5.56 Å². The third-order valence-electron chi connectivity index (χ3n) is 5.46. The number of hydrogen-bond donors (Lipinski definition) is 1. The van der Waals surface area contributed by atoms with Crippen LogP contribution in [-0.4, -0.2) is 44.3 Å². The molecular weight excluding hydrogens is 474 g/mol. The van der Waals surface area contributed by atoms with Crippen LogP contribution >= 0.6 is 11.3 Å². The first-order valence-electron chi connectivity index (χ1n) is 10.6. The van der Waals surface area contributed by atoms with Gasteiger partial charge in [0.15, 0.2) is 11.2 Å². The zero-order chi connectivity index (χ0) is 25.3. The van der Waals surface area contributed by atoms with Gasteiger partial charge in [0.05, 0.1) is 20.0 Å². The zero-order valence-electron chi connectivity index (χ0n) is 19.5. The Morgan fingerprint density at radius 1 is 1.11 bits per heavy atom. The van der Waals surface area contributed by atoms with Crippen molar-refractivity contribution in [2.24, 2.45) is 14.1 Å². The fraction of sp³-hybridized carbons (Fsp3) is 0.261. The van der Waals surface area contributed by atoms with Crippen LogP contribution in [0.5, 0.6) is 5.75 Å². The van der Waals surface area contributed by atoms with E-state index in [0.29, 0.717) is 16.3 Å². The number of amides is 1. The van der Waals surface area contributed by atoms with E-state index in [2.05, 4.69) is 10.3 Å². The molecule has 3 heterocycles. The molecule has 182 valence electrons. The number of aromatic nitrogens is 4. The molecule has 12 heteroatoms. The number of thiophene rings is 1. The molecule has 11 nitrogen and oxygen atoms in total. The topological polar surface area (TPSA) is 126 Å². The number of rotatable bonds is 7. The van der Waals surface area contributed by atoms with E-state index >= 15 is 0 Å². The first-order valence-corrected chi connectivity index (χ1v) is 11.5. The second-order valence-electron chi connectivity index (χ2n) is 7.60. The van der Waals surface area contributed by atoms with Gasteiger partial charge in [0.2, 0.25) is 5.91 Å². The van der Waals surface area contributed by atoms with Crippen LogP contribution in [0.1, 0.15) is 17.3 Å². The minimum absolute atomic E-state index is 0.125. The molecule has 0 aliphatic carbocycles. The molecule has 0 saturated carbocycles. The van der Waals surface area contributed by atoms with Crippen molar-refractivity contribution in [3.63, 3.8) is 0 Å². The summed E-state index contributed by atoms with van der Waals surface area (Å²) < 4.78 is 14.0. The maximum atomic E-state index is 12.9. The molecule has 0 bridgehead atoms. The lowest BCUT2D eigenvalue weighted by molar-refractivity contribution is -0.116. The van der Waals surface area contributed by atoms with Crippen LogP contribution < -0.4 is 21.3 Å². The van der Waals surface area contributed by atoms with Gasteiger partial charge < -0.3 is 19.4 Å². The van der Waals surface area contributed by atoms with Crippen LogP contribution in [0.3, 0.4) is 0 Å². The molecule has 4 aromatic rings. The number of carbonyl (C=O) groups excluding carboxylic acids is 2. The summed E-state index contributed by atoms with van der Waals surface area (Å²) >= 11 is 1.19. The predicted molar refractivity (Wildman–Crippen MR) is 131 cm³/mol. The van der Waals surface area contributed by atoms with E-state index < -0.39 is 23.1 Å². The lowest BCUT2D eigenvalue weighted by atomic mass is 10.0. The number of hydrogen-bond acceptors (Lipinski definition) is 8. The molecule has 0 fully saturated rings. The average molecular weight is 498 g/mol. The number of aryl methyl sites for hydroxylation is 1. The molecular formula is C23H23N5O6S. The van der Waals surface area contributed by atoms with Gasteiger partial charge in [-0.15, -0.1) is 11.3 Å².